The van der Waals surface area contributed by atoms with E-state index in [1.54, 1.807) is 35.1 Å². The molecular weight excluding hydrogens is 847 g/mol. The zero-order valence-corrected chi connectivity index (χ0v) is 36.4. The molecule has 3 aliphatic carbocycles. The van der Waals surface area contributed by atoms with Gasteiger partial charge < -0.3 is 14.2 Å². The molecule has 3 saturated carbocycles. The molecule has 0 radical (unpaired) electrons. The van der Waals surface area contributed by atoms with Crippen LogP contribution in [0.1, 0.15) is 121 Å². The van der Waals surface area contributed by atoms with Crippen molar-refractivity contribution >= 4 is 27.7 Å². The van der Waals surface area contributed by atoms with Crippen molar-refractivity contribution in [1.82, 2.24) is 48.3 Å². The summed E-state index contributed by atoms with van der Waals surface area (Å²) < 4.78 is 50.7. The van der Waals surface area contributed by atoms with Crippen molar-refractivity contribution in [3.63, 3.8) is 0 Å². The molecule has 1 amide bonds. The van der Waals surface area contributed by atoms with Gasteiger partial charge in [-0.1, -0.05) is 18.1 Å². The standard InChI is InChI=1S/C49H46F2N10O5/c1-26-24-49(26,46-53-47(63)66-55-46)59-38-10-5-30(28-14-19-65-20-15-28)21-31(38)22-41(59)45(62)56-16-13-37-42(27(56)2)44(61(54-37)33-8-9-36(50)34(23-33)29-3-4-29)58-18-17-57(48(58)64)40-12-11-39-35(43(40)51)25-52-60(39)32-6-7-32/h5,8-12,17-18,21-23,25-29,32H,3-4,6-7,13-16,19-20,24H2,1-2H3,(H,53,55,63)/t26-,27-,49-/m0/s1. The number of fused-ring (bicyclic) bond motifs is 3. The van der Waals surface area contributed by atoms with Crippen molar-refractivity contribution in [3.8, 4) is 17.2 Å². The van der Waals surface area contributed by atoms with Gasteiger partial charge in [-0.3, -0.25) is 28.1 Å². The van der Waals surface area contributed by atoms with Crippen LogP contribution in [0.5, 0.6) is 0 Å². The molecule has 8 aromatic rings. The van der Waals surface area contributed by atoms with E-state index in [1.807, 2.05) is 27.1 Å². The highest BCUT2D eigenvalue weighted by atomic mass is 19.1. The Morgan fingerprint density at radius 3 is 2.42 bits per heavy atom. The Labute approximate surface area is 375 Å². The Morgan fingerprint density at radius 2 is 1.68 bits per heavy atom. The zero-order chi connectivity index (χ0) is 44.7. The zero-order valence-electron chi connectivity index (χ0n) is 36.4. The van der Waals surface area contributed by atoms with Crippen molar-refractivity contribution in [1.29, 1.82) is 0 Å². The smallest absolute Gasteiger partial charge is 0.381 e. The summed E-state index contributed by atoms with van der Waals surface area (Å²) in [4.78, 5) is 47.4. The lowest BCUT2D eigenvalue weighted by molar-refractivity contribution is 0.0663. The average Bonchev–Trinajstić information content (AvgIpc) is 4.26. The van der Waals surface area contributed by atoms with Crippen molar-refractivity contribution in [2.45, 2.75) is 94.7 Å². The molecule has 336 valence electrons. The van der Waals surface area contributed by atoms with Gasteiger partial charge in [0.15, 0.2) is 11.6 Å². The lowest BCUT2D eigenvalue weighted by atomic mass is 9.91. The van der Waals surface area contributed by atoms with E-state index in [4.69, 9.17) is 14.4 Å². The molecule has 5 aliphatic rings. The van der Waals surface area contributed by atoms with Crippen LogP contribution in [-0.2, 0) is 16.7 Å². The second-order valence-electron chi connectivity index (χ2n) is 19.0. The highest BCUT2D eigenvalue weighted by molar-refractivity contribution is 6.00. The van der Waals surface area contributed by atoms with Crippen molar-refractivity contribution in [2.75, 3.05) is 19.8 Å². The fourth-order valence-electron chi connectivity index (χ4n) is 11.1. The van der Waals surface area contributed by atoms with Crippen molar-refractivity contribution in [2.24, 2.45) is 5.92 Å². The molecule has 5 aromatic heterocycles. The number of benzene rings is 3. The third kappa shape index (κ3) is 5.87. The maximum Gasteiger partial charge on any atom is 0.438 e. The summed E-state index contributed by atoms with van der Waals surface area (Å²) in [6.45, 7) is 5.70. The molecule has 1 N–H and O–H groups in total. The van der Waals surface area contributed by atoms with Crippen molar-refractivity contribution < 1.29 is 22.8 Å². The van der Waals surface area contributed by atoms with Crippen LogP contribution in [-0.4, -0.2) is 74.0 Å². The summed E-state index contributed by atoms with van der Waals surface area (Å²) >= 11 is 0. The van der Waals surface area contributed by atoms with E-state index in [1.165, 1.54) is 33.2 Å². The Kier molecular flexibility index (Phi) is 8.56. The number of rotatable bonds is 9. The van der Waals surface area contributed by atoms with E-state index < -0.39 is 28.8 Å². The average molecular weight is 893 g/mol. The number of nitrogens with one attached hydrogen (secondary N) is 1. The Bertz CT molecular complexity index is 3430. The van der Waals surface area contributed by atoms with Gasteiger partial charge in [0, 0.05) is 55.0 Å². The highest BCUT2D eigenvalue weighted by Gasteiger charge is 2.59. The molecule has 3 atom stereocenters. The van der Waals surface area contributed by atoms with Gasteiger partial charge in [0.25, 0.3) is 5.91 Å². The van der Waals surface area contributed by atoms with E-state index in [0.717, 1.165) is 49.4 Å². The van der Waals surface area contributed by atoms with Gasteiger partial charge in [0.1, 0.15) is 22.9 Å². The Hall–Kier alpha value is -6.88. The van der Waals surface area contributed by atoms with E-state index in [0.29, 0.717) is 89.3 Å². The number of aromatic nitrogens is 9. The van der Waals surface area contributed by atoms with Gasteiger partial charge >= 0.3 is 11.4 Å². The minimum atomic E-state index is -0.841. The maximum absolute atomic E-state index is 16.4. The van der Waals surface area contributed by atoms with Crippen LogP contribution >= 0.6 is 0 Å². The summed E-state index contributed by atoms with van der Waals surface area (Å²) in [6, 6.07) is 16.2. The predicted molar refractivity (Wildman–Crippen MR) is 238 cm³/mol. The summed E-state index contributed by atoms with van der Waals surface area (Å²) in [5.41, 5.74) is 4.31. The van der Waals surface area contributed by atoms with Gasteiger partial charge in [0.2, 0.25) is 0 Å². The number of hydrogen-bond donors (Lipinski definition) is 1. The van der Waals surface area contributed by atoms with E-state index in [-0.39, 0.29) is 35.3 Å². The molecule has 15 nitrogen and oxygen atoms in total. The molecule has 2 aliphatic heterocycles. The largest absolute Gasteiger partial charge is 0.438 e. The third-order valence-electron chi connectivity index (χ3n) is 15.1. The minimum Gasteiger partial charge on any atom is -0.381 e. The topological polar surface area (TPSA) is 156 Å². The van der Waals surface area contributed by atoms with Gasteiger partial charge in [-0.15, -0.1) is 0 Å². The van der Waals surface area contributed by atoms with Gasteiger partial charge in [0.05, 0.1) is 46.3 Å². The van der Waals surface area contributed by atoms with Gasteiger partial charge in [-0.2, -0.15) is 10.2 Å². The van der Waals surface area contributed by atoms with Crippen LogP contribution in [0, 0.1) is 17.6 Å². The number of ether oxygens (including phenoxy) is 1. The number of aromatic amines is 1. The molecular formula is C49H46F2N10O5. The van der Waals surface area contributed by atoms with Crippen LogP contribution in [0.25, 0.3) is 39.0 Å². The molecule has 7 heterocycles. The Morgan fingerprint density at radius 1 is 0.894 bits per heavy atom. The number of amides is 1. The first kappa shape index (κ1) is 39.5. The summed E-state index contributed by atoms with van der Waals surface area (Å²) in [7, 11) is 0. The molecule has 0 bridgehead atoms. The lowest BCUT2D eigenvalue weighted by Gasteiger charge is -2.34. The van der Waals surface area contributed by atoms with E-state index >= 15 is 13.6 Å². The summed E-state index contributed by atoms with van der Waals surface area (Å²) in [6.07, 6.45) is 11.2. The SMILES string of the molecule is C[C@H]1c2c(nn(-c3ccc(F)c(C4CC4)c3)c2-n2ccn(-c3ccc4c(cnn4C4CC4)c3F)c2=O)CCN1C(=O)c1cc2cc(C3CCOCC3)ccc2n1[C@@]1(c2noc(=O)[nH]2)C[C@@H]1C. The maximum atomic E-state index is 16.4. The molecule has 17 heteroatoms. The number of imidazole rings is 1. The number of halogens is 2. The molecule has 0 spiro atoms. The number of nitrogens with zero attached hydrogens (tertiary/aromatic N) is 9. The number of hydrogen-bond acceptors (Lipinski definition) is 8. The van der Waals surface area contributed by atoms with E-state index in [2.05, 4.69) is 40.4 Å². The first-order valence-electron chi connectivity index (χ1n) is 23.1. The fourth-order valence-corrected chi connectivity index (χ4v) is 11.1. The molecule has 3 aromatic carbocycles. The Balaban J connectivity index is 0.948. The normalized spacial score (nSPS) is 22.2. The fraction of sp³-hybridized carbons (Fsp3) is 0.388. The minimum absolute atomic E-state index is 0.0119. The van der Waals surface area contributed by atoms with Crippen LogP contribution in [0.3, 0.4) is 0 Å². The first-order valence-corrected chi connectivity index (χ1v) is 23.1. The van der Waals surface area contributed by atoms with E-state index in [9.17, 15) is 9.59 Å². The monoisotopic (exact) mass is 892 g/mol. The molecule has 1 saturated heterocycles. The van der Waals surface area contributed by atoms with Crippen LogP contribution in [0.2, 0.25) is 0 Å². The van der Waals surface area contributed by atoms with Crippen LogP contribution < -0.4 is 11.4 Å². The van der Waals surface area contributed by atoms with Crippen LogP contribution in [0.15, 0.2) is 87.3 Å². The second-order valence-corrected chi connectivity index (χ2v) is 19.0. The van der Waals surface area contributed by atoms with Gasteiger partial charge in [-0.25, -0.2) is 23.1 Å². The number of H-pyrrole nitrogens is 1. The number of carbonyl (C=O) groups is 1. The summed E-state index contributed by atoms with van der Waals surface area (Å²) in [5.74, 6) is -0.586. The molecule has 13 rings (SSSR count). The molecule has 0 unspecified atom stereocenters. The summed E-state index contributed by atoms with van der Waals surface area (Å²) in [5, 5.41) is 15.0. The van der Waals surface area contributed by atoms with Crippen molar-refractivity contribution in [3.05, 3.63) is 140 Å². The number of carbonyl (C=O) groups excluding carboxylic acids is 1. The lowest BCUT2D eigenvalue weighted by Crippen LogP contribution is -2.41. The van der Waals surface area contributed by atoms with Gasteiger partial charge in [-0.05, 0) is 129 Å². The second kappa shape index (κ2) is 14.3. The van der Waals surface area contributed by atoms with Crippen LogP contribution in [0.4, 0.5) is 8.78 Å². The predicted octanol–water partition coefficient (Wildman–Crippen LogP) is 7.72. The molecule has 66 heavy (non-hydrogen) atoms. The first-order chi connectivity index (χ1) is 32.1. The third-order valence-corrected chi connectivity index (χ3v) is 15.1. The molecule has 4 fully saturated rings. The quantitative estimate of drug-likeness (QED) is 0.155. The highest BCUT2D eigenvalue weighted by Crippen LogP contribution is 2.56.